The number of rotatable bonds is 7. The Bertz CT molecular complexity index is 1520. The molecule has 0 fully saturated rings. The topological polar surface area (TPSA) is 0 Å². The smallest absolute Gasteiger partial charge is 0.0103 e. The van der Waals surface area contributed by atoms with Crippen LogP contribution in [0.4, 0.5) is 0 Å². The zero-order chi connectivity index (χ0) is 28.0. The molecule has 4 aromatic rings. The van der Waals surface area contributed by atoms with Crippen LogP contribution in [0.15, 0.2) is 96.1 Å². The molecule has 0 heterocycles. The molecule has 0 N–H and O–H groups in total. The highest BCUT2D eigenvalue weighted by Gasteiger charge is 2.36. The first-order chi connectivity index (χ1) is 19.3. The van der Waals surface area contributed by atoms with Crippen LogP contribution in [0.5, 0.6) is 0 Å². The quantitative estimate of drug-likeness (QED) is 0.226. The van der Waals surface area contributed by atoms with E-state index in [1.807, 2.05) is 0 Å². The van der Waals surface area contributed by atoms with Crippen molar-refractivity contribution in [1.29, 1.82) is 0 Å². The van der Waals surface area contributed by atoms with Gasteiger partial charge in [0, 0.05) is 5.41 Å². The van der Waals surface area contributed by atoms with Crippen molar-refractivity contribution >= 4 is 12.2 Å². The average Bonchev–Trinajstić information content (AvgIpc) is 3.62. The molecule has 40 heavy (non-hydrogen) atoms. The Labute approximate surface area is 241 Å². The van der Waals surface area contributed by atoms with Crippen LogP contribution < -0.4 is 0 Å². The summed E-state index contributed by atoms with van der Waals surface area (Å²) in [6.07, 6.45) is 8.24. The zero-order valence-corrected chi connectivity index (χ0v) is 25.0. The molecular weight excluding hydrogens is 480 g/mol. The summed E-state index contributed by atoms with van der Waals surface area (Å²) in [7, 11) is 0. The van der Waals surface area contributed by atoms with E-state index < -0.39 is 0 Å². The van der Waals surface area contributed by atoms with Crippen LogP contribution in [0.2, 0.25) is 0 Å². The molecule has 2 aliphatic rings. The van der Waals surface area contributed by atoms with Gasteiger partial charge >= 0.3 is 0 Å². The van der Waals surface area contributed by atoms with E-state index in [-0.39, 0.29) is 5.41 Å². The molecule has 202 valence electrons. The third kappa shape index (κ3) is 4.58. The van der Waals surface area contributed by atoms with Gasteiger partial charge in [0.05, 0.1) is 0 Å². The summed E-state index contributed by atoms with van der Waals surface area (Å²) < 4.78 is 0. The molecule has 0 heteroatoms. The molecule has 0 saturated heterocycles. The first-order valence-electron chi connectivity index (χ1n) is 15.1. The van der Waals surface area contributed by atoms with Crippen molar-refractivity contribution in [3.05, 3.63) is 129 Å². The molecule has 0 radical (unpaired) electrons. The minimum absolute atomic E-state index is 0.0339. The van der Waals surface area contributed by atoms with E-state index in [0.717, 1.165) is 19.3 Å². The minimum atomic E-state index is 0.0339. The third-order valence-corrected chi connectivity index (χ3v) is 9.64. The normalized spacial score (nSPS) is 14.4. The second-order valence-corrected chi connectivity index (χ2v) is 12.7. The molecule has 0 aromatic heterocycles. The van der Waals surface area contributed by atoms with Crippen molar-refractivity contribution in [1.82, 2.24) is 0 Å². The fourth-order valence-electron chi connectivity index (χ4n) is 6.74. The Morgan fingerprint density at radius 2 is 1.02 bits per heavy atom. The number of hydrogen-bond acceptors (Lipinski definition) is 0. The maximum Gasteiger partial charge on any atom is 0.0103 e. The molecule has 0 nitrogen and oxygen atoms in total. The lowest BCUT2D eigenvalue weighted by molar-refractivity contribution is 0.452. The molecule has 6 rings (SSSR count). The van der Waals surface area contributed by atoms with Crippen LogP contribution in [0.1, 0.15) is 93.2 Å². The van der Waals surface area contributed by atoms with Crippen molar-refractivity contribution in [2.75, 3.05) is 0 Å². The van der Waals surface area contributed by atoms with Gasteiger partial charge < -0.3 is 0 Å². The van der Waals surface area contributed by atoms with E-state index in [1.54, 1.807) is 11.1 Å². The molecule has 0 amide bonds. The summed E-state index contributed by atoms with van der Waals surface area (Å²) in [5.74, 6) is 1.06. The van der Waals surface area contributed by atoms with E-state index >= 15 is 0 Å². The molecule has 0 aliphatic heterocycles. The van der Waals surface area contributed by atoms with Gasteiger partial charge in [-0.05, 0) is 86.7 Å². The average molecular weight is 523 g/mol. The highest BCUT2D eigenvalue weighted by molar-refractivity contribution is 5.84. The maximum atomic E-state index is 2.53. The largest absolute Gasteiger partial charge is 0.0642 e. The summed E-state index contributed by atoms with van der Waals surface area (Å²) >= 11 is 0. The van der Waals surface area contributed by atoms with Crippen LogP contribution in [-0.2, 0) is 12.8 Å². The van der Waals surface area contributed by atoms with E-state index in [0.29, 0.717) is 11.8 Å². The van der Waals surface area contributed by atoms with Crippen LogP contribution in [0, 0.1) is 5.41 Å². The Hall–Kier alpha value is -3.64. The molecule has 0 spiro atoms. The van der Waals surface area contributed by atoms with Crippen LogP contribution in [0.3, 0.4) is 0 Å². The van der Waals surface area contributed by atoms with Crippen molar-refractivity contribution in [2.24, 2.45) is 5.41 Å². The van der Waals surface area contributed by atoms with E-state index in [2.05, 4.69) is 139 Å². The van der Waals surface area contributed by atoms with Gasteiger partial charge in [0.25, 0.3) is 0 Å². The van der Waals surface area contributed by atoms with Gasteiger partial charge in [0.15, 0.2) is 0 Å². The van der Waals surface area contributed by atoms with Crippen molar-refractivity contribution < 1.29 is 0 Å². The predicted octanol–water partition coefficient (Wildman–Crippen LogP) is 11.3. The van der Waals surface area contributed by atoms with Gasteiger partial charge in [-0.15, -0.1) is 0 Å². The Balaban J connectivity index is 1.39. The second kappa shape index (κ2) is 10.4. The van der Waals surface area contributed by atoms with Gasteiger partial charge in [0.1, 0.15) is 0 Å². The summed E-state index contributed by atoms with van der Waals surface area (Å²) in [6, 6.07) is 32.1. The Kier molecular flexibility index (Phi) is 6.91. The van der Waals surface area contributed by atoms with Crippen molar-refractivity contribution in [2.45, 2.75) is 72.6 Å². The maximum absolute atomic E-state index is 2.53. The molecule has 0 unspecified atom stereocenters. The Morgan fingerprint density at radius 1 is 0.600 bits per heavy atom. The standard InChI is InChI=1S/C40H42/c1-7-40(6,34-22-32-16-10-18-36(38(32)24-34)30-14-8-12-28(20-30)26(2)3)35-23-33-17-11-19-37(39(33)25-35)31-15-9-13-29(21-31)27(4)5/h8-21,24-27H,7,22-23H2,1-6H3. The third-order valence-electron chi connectivity index (χ3n) is 9.64. The molecule has 4 aromatic carbocycles. The van der Waals surface area contributed by atoms with Crippen LogP contribution in [-0.4, -0.2) is 0 Å². The summed E-state index contributed by atoms with van der Waals surface area (Å²) in [5.41, 5.74) is 17.1. The SMILES string of the molecule is CCC(C)(C1=Cc2c(cccc2-c2cccc(C(C)C)c2)C1)C1=Cc2c(cccc2-c2cccc(C(C)C)c2)C1. The van der Waals surface area contributed by atoms with Gasteiger partial charge in [0.2, 0.25) is 0 Å². The summed E-state index contributed by atoms with van der Waals surface area (Å²) in [4.78, 5) is 0. The first-order valence-corrected chi connectivity index (χ1v) is 15.1. The van der Waals surface area contributed by atoms with Gasteiger partial charge in [-0.25, -0.2) is 0 Å². The number of allylic oxidation sites excluding steroid dienone is 2. The summed E-state index contributed by atoms with van der Waals surface area (Å²) in [5, 5.41) is 0. The molecule has 2 aliphatic carbocycles. The van der Waals surface area contributed by atoms with Crippen molar-refractivity contribution in [3.8, 4) is 22.3 Å². The molecular formula is C40H42. The monoisotopic (exact) mass is 522 g/mol. The number of fused-ring (bicyclic) bond motifs is 2. The second-order valence-electron chi connectivity index (χ2n) is 12.7. The van der Waals surface area contributed by atoms with E-state index in [9.17, 15) is 0 Å². The number of hydrogen-bond donors (Lipinski definition) is 0. The fraction of sp³-hybridized carbons (Fsp3) is 0.300. The predicted molar refractivity (Wildman–Crippen MR) is 174 cm³/mol. The van der Waals surface area contributed by atoms with Crippen LogP contribution in [0.25, 0.3) is 34.4 Å². The highest BCUT2D eigenvalue weighted by atomic mass is 14.4. The lowest BCUT2D eigenvalue weighted by Crippen LogP contribution is -2.21. The molecule has 0 atom stereocenters. The van der Waals surface area contributed by atoms with Gasteiger partial charge in [-0.2, -0.15) is 0 Å². The van der Waals surface area contributed by atoms with Gasteiger partial charge in [-0.3, -0.25) is 0 Å². The fourth-order valence-corrected chi connectivity index (χ4v) is 6.74. The van der Waals surface area contributed by atoms with Crippen molar-refractivity contribution in [3.63, 3.8) is 0 Å². The lowest BCUT2D eigenvalue weighted by Gasteiger charge is -2.32. The first kappa shape index (κ1) is 26.6. The van der Waals surface area contributed by atoms with Crippen LogP contribution >= 0.6 is 0 Å². The lowest BCUT2D eigenvalue weighted by atomic mass is 9.72. The Morgan fingerprint density at radius 3 is 1.43 bits per heavy atom. The van der Waals surface area contributed by atoms with Gasteiger partial charge in [-0.1, -0.05) is 150 Å². The zero-order valence-electron chi connectivity index (χ0n) is 25.0. The number of benzene rings is 4. The summed E-state index contributed by atoms with van der Waals surface area (Å²) in [6.45, 7) is 14.0. The highest BCUT2D eigenvalue weighted by Crippen LogP contribution is 2.50. The minimum Gasteiger partial charge on any atom is -0.0642 e. The van der Waals surface area contributed by atoms with E-state index in [4.69, 9.17) is 0 Å². The molecule has 0 bridgehead atoms. The van der Waals surface area contributed by atoms with E-state index in [1.165, 1.54) is 55.6 Å². The molecule has 0 saturated carbocycles.